The second-order valence-corrected chi connectivity index (χ2v) is 6.71. The smallest absolute Gasteiger partial charge is 0.198 e. The summed E-state index contributed by atoms with van der Waals surface area (Å²) in [5.41, 5.74) is 10.7. The molecule has 0 radical (unpaired) electrons. The van der Waals surface area contributed by atoms with E-state index in [2.05, 4.69) is 24.5 Å². The molecule has 0 unspecified atom stereocenters. The van der Waals surface area contributed by atoms with E-state index in [0.717, 1.165) is 60.5 Å². The van der Waals surface area contributed by atoms with Gasteiger partial charge in [0.25, 0.3) is 0 Å². The Morgan fingerprint density at radius 2 is 1.96 bits per heavy atom. The van der Waals surface area contributed by atoms with Crippen molar-refractivity contribution in [2.24, 2.45) is 5.92 Å². The minimum absolute atomic E-state index is 0. The summed E-state index contributed by atoms with van der Waals surface area (Å²) in [5.74, 6) is 1.00. The van der Waals surface area contributed by atoms with Crippen molar-refractivity contribution >= 4 is 53.1 Å². The number of nitrogens with zero attached hydrogens (tertiary/aromatic N) is 5. The lowest BCUT2D eigenvalue weighted by Gasteiger charge is -2.22. The van der Waals surface area contributed by atoms with Crippen LogP contribution in [-0.4, -0.2) is 42.7 Å². The largest absolute Gasteiger partial charge is 0.381 e. The van der Waals surface area contributed by atoms with E-state index in [1.54, 1.807) is 6.20 Å². The van der Waals surface area contributed by atoms with E-state index >= 15 is 0 Å². The number of imidazole rings is 2. The van der Waals surface area contributed by atoms with Gasteiger partial charge in [-0.25, -0.2) is 19.9 Å². The van der Waals surface area contributed by atoms with Crippen molar-refractivity contribution in [3.63, 3.8) is 0 Å². The summed E-state index contributed by atoms with van der Waals surface area (Å²) in [5, 5.41) is 0. The van der Waals surface area contributed by atoms with Gasteiger partial charge in [-0.05, 0) is 30.9 Å². The van der Waals surface area contributed by atoms with Gasteiger partial charge in [-0.2, -0.15) is 0 Å². The van der Waals surface area contributed by atoms with Crippen molar-refractivity contribution in [2.75, 3.05) is 18.9 Å². The maximum absolute atomic E-state index is 5.73. The van der Waals surface area contributed by atoms with Crippen LogP contribution < -0.4 is 5.73 Å². The van der Waals surface area contributed by atoms with Gasteiger partial charge in [-0.3, -0.25) is 0 Å². The second-order valence-electron chi connectivity index (χ2n) is 6.71. The highest BCUT2D eigenvalue weighted by Gasteiger charge is 2.17. The van der Waals surface area contributed by atoms with E-state index in [1.165, 1.54) is 0 Å². The molecule has 4 aromatic rings. The van der Waals surface area contributed by atoms with Crippen LogP contribution in [-0.2, 0) is 11.3 Å². The van der Waals surface area contributed by atoms with Gasteiger partial charge in [-0.1, -0.05) is 6.07 Å². The molecular formula is C18H21Cl2N7O. The van der Waals surface area contributed by atoms with Crippen LogP contribution in [0.1, 0.15) is 12.8 Å². The number of ether oxygens (including phenoxy) is 1. The Labute approximate surface area is 173 Å². The van der Waals surface area contributed by atoms with Gasteiger partial charge < -0.3 is 20.0 Å². The summed E-state index contributed by atoms with van der Waals surface area (Å²) in [6, 6.07) is 5.91. The molecule has 8 nitrogen and oxygen atoms in total. The normalized spacial score (nSPS) is 14.7. The second kappa shape index (κ2) is 8.30. The standard InChI is InChI=1S/C18H19N7O.2ClH/c19-18-23-13-2-1-12(7-14(13)24-18)15-8-20-16-17(22-15)25(10-21-16)9-11-3-5-26-6-4-11;;/h1-2,7-8,10-11H,3-6,9H2,(H3,19,23,24);2*1H. The fourth-order valence-corrected chi connectivity index (χ4v) is 3.50. The molecule has 10 heteroatoms. The molecule has 1 aliphatic rings. The van der Waals surface area contributed by atoms with Gasteiger partial charge in [0.15, 0.2) is 17.2 Å². The number of halogens is 2. The predicted octanol–water partition coefficient (Wildman–Crippen LogP) is 3.22. The van der Waals surface area contributed by atoms with Gasteiger partial charge in [-0.15, -0.1) is 24.8 Å². The number of rotatable bonds is 3. The fraction of sp³-hybridized carbons (Fsp3) is 0.333. The minimum Gasteiger partial charge on any atom is -0.381 e. The lowest BCUT2D eigenvalue weighted by Crippen LogP contribution is -2.20. The number of anilines is 1. The van der Waals surface area contributed by atoms with Crippen LogP contribution in [0, 0.1) is 5.92 Å². The molecule has 3 N–H and O–H groups in total. The van der Waals surface area contributed by atoms with Gasteiger partial charge in [0.1, 0.15) is 0 Å². The Balaban J connectivity index is 0.00000112. The molecule has 1 fully saturated rings. The summed E-state index contributed by atoms with van der Waals surface area (Å²) < 4.78 is 7.56. The van der Waals surface area contributed by atoms with Crippen molar-refractivity contribution in [3.05, 3.63) is 30.7 Å². The average Bonchev–Trinajstić information content (AvgIpc) is 3.24. The van der Waals surface area contributed by atoms with E-state index in [-0.39, 0.29) is 24.8 Å². The first-order valence-corrected chi connectivity index (χ1v) is 8.77. The summed E-state index contributed by atoms with van der Waals surface area (Å²) in [7, 11) is 0. The number of hydrogen-bond donors (Lipinski definition) is 2. The average molecular weight is 422 g/mol. The number of fused-ring (bicyclic) bond motifs is 2. The number of nitrogen functional groups attached to an aromatic ring is 1. The van der Waals surface area contributed by atoms with Gasteiger partial charge in [0.2, 0.25) is 0 Å². The Kier molecular flexibility index (Phi) is 6.02. The first-order chi connectivity index (χ1) is 12.8. The fourth-order valence-electron chi connectivity index (χ4n) is 3.50. The number of benzene rings is 1. The van der Waals surface area contributed by atoms with Gasteiger partial charge in [0.05, 0.1) is 29.3 Å². The maximum Gasteiger partial charge on any atom is 0.198 e. The molecule has 0 bridgehead atoms. The predicted molar refractivity (Wildman–Crippen MR) is 113 cm³/mol. The van der Waals surface area contributed by atoms with E-state index < -0.39 is 0 Å². The molecule has 0 saturated carbocycles. The molecular weight excluding hydrogens is 401 g/mol. The number of aromatic amines is 1. The van der Waals surface area contributed by atoms with Crippen molar-refractivity contribution in [2.45, 2.75) is 19.4 Å². The SMILES string of the molecule is Cl.Cl.Nc1nc2ccc(-c3cnc4ncn(CC5CCOCC5)c4n3)cc2[nH]1. The van der Waals surface area contributed by atoms with Crippen molar-refractivity contribution in [1.29, 1.82) is 0 Å². The van der Waals surface area contributed by atoms with Gasteiger partial charge >= 0.3 is 0 Å². The molecule has 0 spiro atoms. The highest BCUT2D eigenvalue weighted by Crippen LogP contribution is 2.24. The summed E-state index contributed by atoms with van der Waals surface area (Å²) in [4.78, 5) is 21.0. The zero-order valence-electron chi connectivity index (χ0n) is 15.0. The molecule has 0 aliphatic carbocycles. The Morgan fingerprint density at radius 1 is 1.14 bits per heavy atom. The number of nitrogens with one attached hydrogen (secondary N) is 1. The number of nitrogens with two attached hydrogens (primary N) is 1. The Bertz CT molecular complexity index is 1090. The zero-order chi connectivity index (χ0) is 17.5. The molecule has 1 saturated heterocycles. The number of aromatic nitrogens is 6. The minimum atomic E-state index is 0. The first-order valence-electron chi connectivity index (χ1n) is 8.77. The number of H-pyrrole nitrogens is 1. The van der Waals surface area contributed by atoms with Crippen LogP contribution >= 0.6 is 24.8 Å². The Morgan fingerprint density at radius 3 is 2.79 bits per heavy atom. The Hall–Kier alpha value is -2.42. The summed E-state index contributed by atoms with van der Waals surface area (Å²) in [6.07, 6.45) is 5.74. The molecule has 1 aliphatic heterocycles. The van der Waals surface area contributed by atoms with E-state index in [1.807, 2.05) is 24.5 Å². The van der Waals surface area contributed by atoms with Crippen LogP contribution in [0.15, 0.2) is 30.7 Å². The molecule has 3 aromatic heterocycles. The van der Waals surface area contributed by atoms with E-state index in [0.29, 0.717) is 17.5 Å². The third kappa shape index (κ3) is 3.76. The first kappa shape index (κ1) is 20.3. The quantitative estimate of drug-likeness (QED) is 0.525. The van der Waals surface area contributed by atoms with Gasteiger partial charge in [0, 0.05) is 25.3 Å². The molecule has 148 valence electrons. The summed E-state index contributed by atoms with van der Waals surface area (Å²) in [6.45, 7) is 2.57. The van der Waals surface area contributed by atoms with Crippen LogP contribution in [0.3, 0.4) is 0 Å². The lowest BCUT2D eigenvalue weighted by atomic mass is 10.0. The molecule has 4 heterocycles. The third-order valence-corrected chi connectivity index (χ3v) is 4.92. The van der Waals surface area contributed by atoms with Crippen molar-refractivity contribution in [3.8, 4) is 11.3 Å². The lowest BCUT2D eigenvalue weighted by molar-refractivity contribution is 0.0615. The summed E-state index contributed by atoms with van der Waals surface area (Å²) >= 11 is 0. The van der Waals surface area contributed by atoms with Crippen molar-refractivity contribution < 1.29 is 4.74 Å². The molecule has 0 atom stereocenters. The zero-order valence-corrected chi connectivity index (χ0v) is 16.7. The monoisotopic (exact) mass is 421 g/mol. The molecule has 1 aromatic carbocycles. The van der Waals surface area contributed by atoms with Crippen LogP contribution in [0.2, 0.25) is 0 Å². The van der Waals surface area contributed by atoms with Crippen molar-refractivity contribution in [1.82, 2.24) is 29.5 Å². The highest BCUT2D eigenvalue weighted by atomic mass is 35.5. The highest BCUT2D eigenvalue weighted by molar-refractivity contribution is 5.85. The molecule has 0 amide bonds. The van der Waals surface area contributed by atoms with E-state index in [4.69, 9.17) is 15.5 Å². The molecule has 5 rings (SSSR count). The third-order valence-electron chi connectivity index (χ3n) is 4.92. The van der Waals surface area contributed by atoms with E-state index in [9.17, 15) is 0 Å². The van der Waals surface area contributed by atoms with Crippen LogP contribution in [0.4, 0.5) is 5.95 Å². The molecule has 28 heavy (non-hydrogen) atoms. The maximum atomic E-state index is 5.73. The van der Waals surface area contributed by atoms with Crippen LogP contribution in [0.25, 0.3) is 33.6 Å². The number of hydrogen-bond acceptors (Lipinski definition) is 6. The topological polar surface area (TPSA) is 108 Å². The van der Waals surface area contributed by atoms with Crippen LogP contribution in [0.5, 0.6) is 0 Å².